The van der Waals surface area contributed by atoms with E-state index in [2.05, 4.69) is 25.8 Å². The van der Waals surface area contributed by atoms with Crippen LogP contribution in [0.3, 0.4) is 0 Å². The lowest BCUT2D eigenvalue weighted by atomic mass is 9.95. The predicted molar refractivity (Wildman–Crippen MR) is 58.2 cm³/mol. The highest BCUT2D eigenvalue weighted by Gasteiger charge is 2.28. The lowest BCUT2D eigenvalue weighted by molar-refractivity contribution is -0.0623. The molecule has 0 aromatic heterocycles. The SMILES string of the molecule is [CH2]N1C(C)CC(OCC(O)CO)CC1C. The Kier molecular flexibility index (Phi) is 4.99. The molecular weight excluding hydrogens is 194 g/mol. The largest absolute Gasteiger partial charge is 0.394 e. The van der Waals surface area contributed by atoms with Gasteiger partial charge in [-0.05, 0) is 26.7 Å². The van der Waals surface area contributed by atoms with Gasteiger partial charge in [-0.3, -0.25) is 4.90 Å². The average Bonchev–Trinajstić information content (AvgIpc) is 2.22. The first kappa shape index (κ1) is 12.9. The molecule has 1 aliphatic rings. The van der Waals surface area contributed by atoms with Crippen molar-refractivity contribution in [2.24, 2.45) is 0 Å². The van der Waals surface area contributed by atoms with Crippen molar-refractivity contribution in [2.45, 2.75) is 51.0 Å². The van der Waals surface area contributed by atoms with Crippen LogP contribution < -0.4 is 0 Å². The Morgan fingerprint density at radius 3 is 2.40 bits per heavy atom. The molecule has 3 atom stereocenters. The highest BCUT2D eigenvalue weighted by Crippen LogP contribution is 2.24. The zero-order chi connectivity index (χ0) is 11.4. The third-order valence-corrected chi connectivity index (χ3v) is 3.08. The van der Waals surface area contributed by atoms with Crippen LogP contribution in [0.25, 0.3) is 0 Å². The second kappa shape index (κ2) is 5.80. The van der Waals surface area contributed by atoms with E-state index in [0.29, 0.717) is 12.1 Å². The summed E-state index contributed by atoms with van der Waals surface area (Å²) in [7, 11) is 3.99. The van der Waals surface area contributed by atoms with Gasteiger partial charge in [0.1, 0.15) is 6.10 Å². The van der Waals surface area contributed by atoms with Crippen molar-refractivity contribution in [2.75, 3.05) is 13.2 Å². The predicted octanol–water partition coefficient (Wildman–Crippen LogP) is 0.389. The Hall–Kier alpha value is -0.160. The Bertz CT molecular complexity index is 177. The number of piperidine rings is 1. The van der Waals surface area contributed by atoms with Crippen molar-refractivity contribution in [3.05, 3.63) is 7.05 Å². The Labute approximate surface area is 91.8 Å². The molecule has 1 fully saturated rings. The van der Waals surface area contributed by atoms with Crippen molar-refractivity contribution in [1.82, 2.24) is 4.90 Å². The van der Waals surface area contributed by atoms with Gasteiger partial charge in [0, 0.05) is 19.1 Å². The number of aliphatic hydroxyl groups excluding tert-OH is 2. The summed E-state index contributed by atoms with van der Waals surface area (Å²) < 4.78 is 5.56. The first-order chi connectivity index (χ1) is 7.04. The fourth-order valence-corrected chi connectivity index (χ4v) is 2.00. The molecule has 0 aromatic rings. The van der Waals surface area contributed by atoms with Crippen LogP contribution in [0.5, 0.6) is 0 Å². The van der Waals surface area contributed by atoms with Crippen molar-refractivity contribution < 1.29 is 14.9 Å². The van der Waals surface area contributed by atoms with Crippen LogP contribution in [0.15, 0.2) is 0 Å². The number of hydrogen-bond donors (Lipinski definition) is 2. The number of likely N-dealkylation sites (tertiary alicyclic amines) is 1. The second-order valence-electron chi connectivity index (χ2n) is 4.48. The summed E-state index contributed by atoms with van der Waals surface area (Å²) in [6.45, 7) is 4.24. The minimum absolute atomic E-state index is 0.175. The lowest BCUT2D eigenvalue weighted by Gasteiger charge is -2.40. The van der Waals surface area contributed by atoms with Crippen molar-refractivity contribution in [1.29, 1.82) is 0 Å². The van der Waals surface area contributed by atoms with Gasteiger partial charge in [-0.15, -0.1) is 0 Å². The van der Waals surface area contributed by atoms with E-state index in [1.165, 1.54) is 0 Å². The van der Waals surface area contributed by atoms with Gasteiger partial charge in [0.05, 0.1) is 19.3 Å². The molecule has 3 unspecified atom stereocenters. The Morgan fingerprint density at radius 1 is 1.40 bits per heavy atom. The molecule has 2 N–H and O–H groups in total. The van der Waals surface area contributed by atoms with E-state index in [-0.39, 0.29) is 19.3 Å². The molecule has 0 bridgehead atoms. The number of rotatable bonds is 4. The molecule has 0 spiro atoms. The standard InChI is InChI=1S/C11H22NO3/c1-8-4-11(5-9(2)12(8)3)15-7-10(14)6-13/h8-11,13-14H,3-7H2,1-2H3. The maximum absolute atomic E-state index is 9.17. The number of ether oxygens (including phenoxy) is 1. The molecule has 1 rings (SSSR count). The Morgan fingerprint density at radius 2 is 1.93 bits per heavy atom. The smallest absolute Gasteiger partial charge is 0.100 e. The molecule has 0 aliphatic carbocycles. The molecular formula is C11H22NO3. The zero-order valence-corrected chi connectivity index (χ0v) is 9.59. The van der Waals surface area contributed by atoms with E-state index >= 15 is 0 Å². The van der Waals surface area contributed by atoms with Crippen LogP contribution in [0.4, 0.5) is 0 Å². The van der Waals surface area contributed by atoms with E-state index in [1.807, 2.05) is 0 Å². The van der Waals surface area contributed by atoms with E-state index in [9.17, 15) is 5.11 Å². The number of aliphatic hydroxyl groups is 2. The van der Waals surface area contributed by atoms with Gasteiger partial charge in [-0.1, -0.05) is 0 Å². The monoisotopic (exact) mass is 216 g/mol. The molecule has 0 aromatic carbocycles. The highest BCUT2D eigenvalue weighted by atomic mass is 16.5. The van der Waals surface area contributed by atoms with Gasteiger partial charge in [-0.25, -0.2) is 0 Å². The third-order valence-electron chi connectivity index (χ3n) is 3.08. The molecule has 4 heteroatoms. The second-order valence-corrected chi connectivity index (χ2v) is 4.48. The summed E-state index contributed by atoms with van der Waals surface area (Å²) in [6.07, 6.45) is 1.29. The van der Waals surface area contributed by atoms with Gasteiger partial charge in [-0.2, -0.15) is 0 Å². The normalized spacial score (nSPS) is 35.4. The summed E-state index contributed by atoms with van der Waals surface area (Å²) in [5.74, 6) is 0. The zero-order valence-electron chi connectivity index (χ0n) is 9.59. The van der Waals surface area contributed by atoms with E-state index < -0.39 is 6.10 Å². The average molecular weight is 216 g/mol. The summed E-state index contributed by atoms with van der Waals surface area (Å²) in [4.78, 5) is 2.10. The number of nitrogens with zero attached hydrogens (tertiary/aromatic N) is 1. The van der Waals surface area contributed by atoms with Crippen LogP contribution >= 0.6 is 0 Å². The maximum atomic E-state index is 9.17. The summed E-state index contributed by atoms with van der Waals surface area (Å²) in [5, 5.41) is 17.8. The first-order valence-electron chi connectivity index (χ1n) is 5.54. The van der Waals surface area contributed by atoms with Gasteiger partial charge >= 0.3 is 0 Å². The summed E-state index contributed by atoms with van der Waals surface area (Å²) >= 11 is 0. The molecule has 15 heavy (non-hydrogen) atoms. The van der Waals surface area contributed by atoms with Crippen LogP contribution in [0.1, 0.15) is 26.7 Å². The van der Waals surface area contributed by atoms with E-state index in [0.717, 1.165) is 12.8 Å². The fourth-order valence-electron chi connectivity index (χ4n) is 2.00. The van der Waals surface area contributed by atoms with Gasteiger partial charge in [0.15, 0.2) is 0 Å². The first-order valence-corrected chi connectivity index (χ1v) is 5.54. The highest BCUT2D eigenvalue weighted by molar-refractivity contribution is 4.84. The molecule has 4 nitrogen and oxygen atoms in total. The number of hydrogen-bond acceptors (Lipinski definition) is 4. The quantitative estimate of drug-likeness (QED) is 0.714. The van der Waals surface area contributed by atoms with E-state index in [1.54, 1.807) is 0 Å². The molecule has 0 saturated carbocycles. The van der Waals surface area contributed by atoms with Gasteiger partial charge in [0.2, 0.25) is 0 Å². The topological polar surface area (TPSA) is 52.9 Å². The minimum Gasteiger partial charge on any atom is -0.394 e. The van der Waals surface area contributed by atoms with E-state index in [4.69, 9.17) is 9.84 Å². The molecule has 1 saturated heterocycles. The molecule has 89 valence electrons. The Balaban J connectivity index is 2.31. The lowest BCUT2D eigenvalue weighted by Crippen LogP contribution is -2.45. The molecule has 1 heterocycles. The summed E-state index contributed by atoms with van der Waals surface area (Å²) in [6, 6.07) is 0.815. The van der Waals surface area contributed by atoms with Crippen LogP contribution in [-0.4, -0.2) is 52.6 Å². The van der Waals surface area contributed by atoms with Gasteiger partial charge < -0.3 is 14.9 Å². The van der Waals surface area contributed by atoms with Crippen LogP contribution in [0.2, 0.25) is 0 Å². The van der Waals surface area contributed by atoms with Crippen molar-refractivity contribution in [3.8, 4) is 0 Å². The molecule has 1 radical (unpaired) electrons. The maximum Gasteiger partial charge on any atom is 0.100 e. The van der Waals surface area contributed by atoms with Gasteiger partial charge in [0.25, 0.3) is 0 Å². The molecule has 1 aliphatic heterocycles. The fraction of sp³-hybridized carbons (Fsp3) is 0.909. The third kappa shape index (κ3) is 3.72. The van der Waals surface area contributed by atoms with Crippen LogP contribution in [0, 0.1) is 7.05 Å². The summed E-state index contributed by atoms with van der Waals surface area (Å²) in [5.41, 5.74) is 0. The van der Waals surface area contributed by atoms with Crippen LogP contribution in [-0.2, 0) is 4.74 Å². The van der Waals surface area contributed by atoms with Crippen molar-refractivity contribution in [3.63, 3.8) is 0 Å². The molecule has 0 amide bonds. The minimum atomic E-state index is -0.756. The van der Waals surface area contributed by atoms with Crippen molar-refractivity contribution >= 4 is 0 Å².